The highest BCUT2D eigenvalue weighted by atomic mass is 16.5. The second-order valence-electron chi connectivity index (χ2n) is 5.23. The second kappa shape index (κ2) is 8.27. The van der Waals surface area contributed by atoms with Gasteiger partial charge in [-0.05, 0) is 32.2 Å². The average Bonchev–Trinajstić information content (AvgIpc) is 2.65. The minimum Gasteiger partial charge on any atom is -0.385 e. The molecule has 1 aromatic rings. The van der Waals surface area contributed by atoms with Crippen molar-refractivity contribution in [1.29, 1.82) is 0 Å². The van der Waals surface area contributed by atoms with E-state index in [2.05, 4.69) is 42.1 Å². The molecule has 0 aromatic carbocycles. The number of rotatable bonds is 9. The Morgan fingerprint density at radius 1 is 1.39 bits per heavy atom. The molecule has 0 bridgehead atoms. The van der Waals surface area contributed by atoms with Crippen molar-refractivity contribution in [2.75, 3.05) is 20.3 Å². The van der Waals surface area contributed by atoms with E-state index in [1.54, 1.807) is 7.11 Å². The van der Waals surface area contributed by atoms with Gasteiger partial charge in [0.1, 0.15) is 0 Å². The van der Waals surface area contributed by atoms with Crippen LogP contribution in [0, 0.1) is 12.8 Å². The van der Waals surface area contributed by atoms with Crippen LogP contribution in [0.5, 0.6) is 0 Å². The first-order valence-electron chi connectivity index (χ1n) is 6.86. The van der Waals surface area contributed by atoms with Crippen LogP contribution < -0.4 is 5.32 Å². The number of aryl methyl sites for hydroxylation is 2. The number of hydrogen-bond acceptors (Lipinski definition) is 3. The van der Waals surface area contributed by atoms with Crippen LogP contribution in [-0.4, -0.2) is 30.0 Å². The average molecular weight is 253 g/mol. The van der Waals surface area contributed by atoms with E-state index in [0.717, 1.165) is 44.8 Å². The molecule has 0 unspecified atom stereocenters. The van der Waals surface area contributed by atoms with E-state index in [4.69, 9.17) is 4.74 Å². The molecule has 1 heterocycles. The van der Waals surface area contributed by atoms with Gasteiger partial charge in [-0.3, -0.25) is 4.68 Å². The summed E-state index contributed by atoms with van der Waals surface area (Å²) in [6.07, 6.45) is 4.37. The highest BCUT2D eigenvalue weighted by Crippen LogP contribution is 2.06. The Balaban J connectivity index is 2.33. The van der Waals surface area contributed by atoms with Crippen molar-refractivity contribution in [1.82, 2.24) is 15.1 Å². The SMILES string of the molecule is COCCCCn1cc(CNCC(C)C)c(C)n1. The molecule has 0 fully saturated rings. The predicted octanol–water partition coefficient (Wildman–Crippen LogP) is 2.36. The van der Waals surface area contributed by atoms with E-state index in [0.29, 0.717) is 5.92 Å². The first-order valence-corrected chi connectivity index (χ1v) is 6.86. The number of methoxy groups -OCH3 is 1. The van der Waals surface area contributed by atoms with Crippen LogP contribution in [-0.2, 0) is 17.8 Å². The molecule has 0 radical (unpaired) electrons. The van der Waals surface area contributed by atoms with Gasteiger partial charge >= 0.3 is 0 Å². The molecule has 0 aliphatic heterocycles. The molecule has 0 atom stereocenters. The Hall–Kier alpha value is -0.870. The zero-order valence-electron chi connectivity index (χ0n) is 12.2. The Morgan fingerprint density at radius 2 is 2.17 bits per heavy atom. The topological polar surface area (TPSA) is 39.1 Å². The monoisotopic (exact) mass is 253 g/mol. The van der Waals surface area contributed by atoms with Gasteiger partial charge in [-0.2, -0.15) is 5.10 Å². The maximum absolute atomic E-state index is 5.04. The predicted molar refractivity (Wildman–Crippen MR) is 74.6 cm³/mol. The minimum atomic E-state index is 0.689. The lowest BCUT2D eigenvalue weighted by Gasteiger charge is -2.05. The molecule has 0 aliphatic rings. The molecular formula is C14H27N3O. The summed E-state index contributed by atoms with van der Waals surface area (Å²) in [6.45, 7) is 10.3. The second-order valence-corrected chi connectivity index (χ2v) is 5.23. The molecule has 0 saturated carbocycles. The minimum absolute atomic E-state index is 0.689. The summed E-state index contributed by atoms with van der Waals surface area (Å²) >= 11 is 0. The zero-order chi connectivity index (χ0) is 13.4. The van der Waals surface area contributed by atoms with Gasteiger partial charge in [-0.25, -0.2) is 0 Å². The Bertz CT molecular complexity index is 334. The third kappa shape index (κ3) is 5.65. The van der Waals surface area contributed by atoms with E-state index >= 15 is 0 Å². The van der Waals surface area contributed by atoms with Gasteiger partial charge in [0.25, 0.3) is 0 Å². The van der Waals surface area contributed by atoms with E-state index in [9.17, 15) is 0 Å². The summed E-state index contributed by atoms with van der Waals surface area (Å²) in [7, 11) is 1.75. The van der Waals surface area contributed by atoms with Crippen molar-refractivity contribution < 1.29 is 4.74 Å². The molecule has 104 valence electrons. The fraction of sp³-hybridized carbons (Fsp3) is 0.786. The number of unbranched alkanes of at least 4 members (excludes halogenated alkanes) is 1. The smallest absolute Gasteiger partial charge is 0.0638 e. The summed E-state index contributed by atoms with van der Waals surface area (Å²) in [6, 6.07) is 0. The van der Waals surface area contributed by atoms with Crippen molar-refractivity contribution in [2.45, 2.75) is 46.7 Å². The number of hydrogen-bond donors (Lipinski definition) is 1. The number of nitrogens with zero attached hydrogens (tertiary/aromatic N) is 2. The molecule has 0 amide bonds. The van der Waals surface area contributed by atoms with Gasteiger partial charge in [-0.15, -0.1) is 0 Å². The summed E-state index contributed by atoms with van der Waals surface area (Å²) in [4.78, 5) is 0. The molecule has 1 rings (SSSR count). The van der Waals surface area contributed by atoms with Crippen LogP contribution in [0.3, 0.4) is 0 Å². The Labute approximate surface area is 111 Å². The lowest BCUT2D eigenvalue weighted by Crippen LogP contribution is -2.19. The summed E-state index contributed by atoms with van der Waals surface area (Å²) < 4.78 is 7.10. The fourth-order valence-electron chi connectivity index (χ4n) is 1.86. The van der Waals surface area contributed by atoms with Gasteiger partial charge in [0.15, 0.2) is 0 Å². The Kier molecular flexibility index (Phi) is 6.98. The zero-order valence-corrected chi connectivity index (χ0v) is 12.2. The Morgan fingerprint density at radius 3 is 2.83 bits per heavy atom. The van der Waals surface area contributed by atoms with Crippen molar-refractivity contribution in [2.24, 2.45) is 5.92 Å². The molecule has 0 spiro atoms. The fourth-order valence-corrected chi connectivity index (χ4v) is 1.86. The number of ether oxygens (including phenoxy) is 1. The van der Waals surface area contributed by atoms with Crippen LogP contribution in [0.25, 0.3) is 0 Å². The van der Waals surface area contributed by atoms with E-state index in [-0.39, 0.29) is 0 Å². The van der Waals surface area contributed by atoms with Crippen molar-refractivity contribution >= 4 is 0 Å². The normalized spacial score (nSPS) is 11.4. The number of aromatic nitrogens is 2. The molecule has 0 saturated heterocycles. The van der Waals surface area contributed by atoms with Crippen LogP contribution in [0.4, 0.5) is 0 Å². The van der Waals surface area contributed by atoms with Crippen LogP contribution in [0.15, 0.2) is 6.20 Å². The molecule has 1 N–H and O–H groups in total. The molecule has 4 nitrogen and oxygen atoms in total. The van der Waals surface area contributed by atoms with Crippen LogP contribution >= 0.6 is 0 Å². The maximum Gasteiger partial charge on any atom is 0.0638 e. The molecule has 4 heteroatoms. The van der Waals surface area contributed by atoms with Gasteiger partial charge in [0.05, 0.1) is 5.69 Å². The molecule has 18 heavy (non-hydrogen) atoms. The highest BCUT2D eigenvalue weighted by molar-refractivity contribution is 5.14. The molecule has 0 aliphatic carbocycles. The van der Waals surface area contributed by atoms with Crippen molar-refractivity contribution in [3.8, 4) is 0 Å². The summed E-state index contributed by atoms with van der Waals surface area (Å²) in [5.74, 6) is 0.689. The largest absolute Gasteiger partial charge is 0.385 e. The highest BCUT2D eigenvalue weighted by Gasteiger charge is 2.04. The number of nitrogens with one attached hydrogen (secondary N) is 1. The molecule has 1 aromatic heterocycles. The quantitative estimate of drug-likeness (QED) is 0.687. The summed E-state index contributed by atoms with van der Waals surface area (Å²) in [5, 5.41) is 8.00. The third-order valence-corrected chi connectivity index (χ3v) is 2.90. The van der Waals surface area contributed by atoms with Crippen LogP contribution in [0.1, 0.15) is 37.9 Å². The van der Waals surface area contributed by atoms with Crippen LogP contribution in [0.2, 0.25) is 0 Å². The summed E-state index contributed by atoms with van der Waals surface area (Å²) in [5.41, 5.74) is 2.44. The van der Waals surface area contributed by atoms with Gasteiger partial charge in [-0.1, -0.05) is 13.8 Å². The standard InChI is InChI=1S/C14H27N3O/c1-12(2)9-15-10-14-11-17(16-13(14)3)7-5-6-8-18-4/h11-12,15H,5-10H2,1-4H3. The van der Waals surface area contributed by atoms with Gasteiger partial charge in [0, 0.05) is 38.6 Å². The lowest BCUT2D eigenvalue weighted by atomic mass is 10.2. The first kappa shape index (κ1) is 15.2. The van der Waals surface area contributed by atoms with Gasteiger partial charge < -0.3 is 10.1 Å². The van der Waals surface area contributed by atoms with Gasteiger partial charge in [0.2, 0.25) is 0 Å². The van der Waals surface area contributed by atoms with E-state index < -0.39 is 0 Å². The van der Waals surface area contributed by atoms with Crippen molar-refractivity contribution in [3.05, 3.63) is 17.5 Å². The first-order chi connectivity index (χ1) is 8.63. The molecular weight excluding hydrogens is 226 g/mol. The lowest BCUT2D eigenvalue weighted by molar-refractivity contribution is 0.191. The third-order valence-electron chi connectivity index (χ3n) is 2.90. The van der Waals surface area contributed by atoms with E-state index in [1.807, 2.05) is 0 Å². The van der Waals surface area contributed by atoms with E-state index in [1.165, 1.54) is 5.56 Å². The van der Waals surface area contributed by atoms with Crippen molar-refractivity contribution in [3.63, 3.8) is 0 Å². The maximum atomic E-state index is 5.04.